The second-order valence-electron chi connectivity index (χ2n) is 16.3. The topological polar surface area (TPSA) is 99.1 Å². The number of quaternary nitrogens is 1. The Morgan fingerprint density at radius 1 is 0.554 bits per heavy atom. The van der Waals surface area contributed by atoms with Crippen LogP contribution in [0.1, 0.15) is 187 Å². The summed E-state index contributed by atoms with van der Waals surface area (Å²) in [5, 5.41) is 9.62. The molecule has 0 bridgehead atoms. The van der Waals surface area contributed by atoms with Gasteiger partial charge in [0.05, 0.1) is 34.4 Å². The first-order valence-electron chi connectivity index (χ1n) is 22.7. The third-order valence-electron chi connectivity index (χ3n) is 9.99. The molecule has 0 aromatic carbocycles. The van der Waals surface area contributed by atoms with E-state index in [0.29, 0.717) is 19.3 Å². The molecule has 0 aliphatic rings. The van der Waals surface area contributed by atoms with Crippen molar-refractivity contribution < 1.29 is 38.2 Å². The summed E-state index contributed by atoms with van der Waals surface area (Å²) >= 11 is 0. The van der Waals surface area contributed by atoms with Crippen LogP contribution < -0.4 is 0 Å². The number of esters is 2. The van der Waals surface area contributed by atoms with Gasteiger partial charge in [0.25, 0.3) is 0 Å². The zero-order valence-electron chi connectivity index (χ0n) is 36.8. The molecule has 0 fully saturated rings. The van der Waals surface area contributed by atoms with Crippen LogP contribution in [-0.2, 0) is 28.6 Å². The minimum absolute atomic E-state index is 0.0541. The molecule has 0 rings (SSSR count). The first-order valence-corrected chi connectivity index (χ1v) is 22.7. The molecular formula is C48H86NO7+. The van der Waals surface area contributed by atoms with E-state index in [1.165, 1.54) is 83.5 Å². The lowest BCUT2D eigenvalue weighted by Gasteiger charge is -2.31. The lowest BCUT2D eigenvalue weighted by atomic mass is 10.0. The lowest BCUT2D eigenvalue weighted by molar-refractivity contribution is -0.887. The van der Waals surface area contributed by atoms with Gasteiger partial charge in [-0.2, -0.15) is 0 Å². The SMILES string of the molecule is CC/C=C/C/C=C/C/C=C/C/C=C/CCCCCCCCCC(=O)OC(COCCC(C(=O)O)[N+](C)(C)C)COC(=O)CCCCCCCCCCCCCC. The molecule has 8 nitrogen and oxygen atoms in total. The fraction of sp³-hybridized carbons (Fsp3) is 0.771. The lowest BCUT2D eigenvalue weighted by Crippen LogP contribution is -2.50. The van der Waals surface area contributed by atoms with E-state index in [2.05, 4.69) is 62.5 Å². The van der Waals surface area contributed by atoms with Gasteiger partial charge in [-0.1, -0.05) is 165 Å². The third kappa shape index (κ3) is 36.9. The van der Waals surface area contributed by atoms with Gasteiger partial charge in [0.15, 0.2) is 12.1 Å². The van der Waals surface area contributed by atoms with Crippen LogP contribution in [0.25, 0.3) is 0 Å². The Labute approximate surface area is 344 Å². The Balaban J connectivity index is 4.32. The van der Waals surface area contributed by atoms with E-state index < -0.39 is 18.1 Å². The van der Waals surface area contributed by atoms with Crippen molar-refractivity contribution in [2.24, 2.45) is 0 Å². The molecular weight excluding hydrogens is 703 g/mol. The summed E-state index contributed by atoms with van der Waals surface area (Å²) in [5.74, 6) is -1.48. The van der Waals surface area contributed by atoms with Crippen molar-refractivity contribution in [2.75, 3.05) is 41.0 Å². The van der Waals surface area contributed by atoms with Crippen molar-refractivity contribution in [3.05, 3.63) is 48.6 Å². The minimum atomic E-state index is -0.877. The number of carboxylic acid groups (broad SMARTS) is 1. The van der Waals surface area contributed by atoms with Gasteiger partial charge in [-0.25, -0.2) is 4.79 Å². The number of carbonyl (C=O) groups excluding carboxylic acids is 2. The monoisotopic (exact) mass is 789 g/mol. The highest BCUT2D eigenvalue weighted by Crippen LogP contribution is 2.15. The zero-order valence-corrected chi connectivity index (χ0v) is 36.8. The summed E-state index contributed by atoms with van der Waals surface area (Å²) in [7, 11) is 5.52. The summed E-state index contributed by atoms with van der Waals surface area (Å²) in [6.07, 6.45) is 45.8. The molecule has 56 heavy (non-hydrogen) atoms. The highest BCUT2D eigenvalue weighted by Gasteiger charge is 2.31. The molecule has 0 amide bonds. The zero-order chi connectivity index (χ0) is 41.4. The average molecular weight is 789 g/mol. The van der Waals surface area contributed by atoms with Gasteiger partial charge >= 0.3 is 17.9 Å². The minimum Gasteiger partial charge on any atom is -0.477 e. The summed E-state index contributed by atoms with van der Waals surface area (Å²) in [5.41, 5.74) is 0. The Morgan fingerprint density at radius 3 is 1.48 bits per heavy atom. The predicted octanol–water partition coefficient (Wildman–Crippen LogP) is 12.4. The van der Waals surface area contributed by atoms with Crippen molar-refractivity contribution in [3.8, 4) is 0 Å². The number of carbonyl (C=O) groups is 3. The average Bonchev–Trinajstić information content (AvgIpc) is 3.15. The van der Waals surface area contributed by atoms with E-state index in [1.807, 2.05) is 21.1 Å². The molecule has 0 spiro atoms. The van der Waals surface area contributed by atoms with Gasteiger partial charge in [-0.3, -0.25) is 9.59 Å². The summed E-state index contributed by atoms with van der Waals surface area (Å²) < 4.78 is 17.3. The molecule has 0 saturated heterocycles. The number of nitrogens with zero attached hydrogens (tertiary/aromatic N) is 1. The van der Waals surface area contributed by atoms with Gasteiger partial charge in [-0.05, 0) is 51.4 Å². The fourth-order valence-electron chi connectivity index (χ4n) is 6.49. The Hall–Kier alpha value is -2.71. The molecule has 1 N–H and O–H groups in total. The van der Waals surface area contributed by atoms with Gasteiger partial charge in [0.1, 0.15) is 6.61 Å². The number of likely N-dealkylation sites (N-methyl/N-ethyl adjacent to an activating group) is 1. The molecule has 0 saturated carbocycles. The summed E-state index contributed by atoms with van der Waals surface area (Å²) in [4.78, 5) is 37.0. The number of ether oxygens (including phenoxy) is 3. The maximum atomic E-state index is 12.7. The van der Waals surface area contributed by atoms with Crippen LogP contribution in [0.2, 0.25) is 0 Å². The molecule has 0 aliphatic heterocycles. The van der Waals surface area contributed by atoms with Crippen LogP contribution in [-0.4, -0.2) is 80.6 Å². The van der Waals surface area contributed by atoms with Crippen LogP contribution in [0.3, 0.4) is 0 Å². The molecule has 0 aromatic rings. The maximum absolute atomic E-state index is 12.7. The van der Waals surface area contributed by atoms with Crippen molar-refractivity contribution in [3.63, 3.8) is 0 Å². The first-order chi connectivity index (χ1) is 27.1. The van der Waals surface area contributed by atoms with Gasteiger partial charge in [0, 0.05) is 19.3 Å². The van der Waals surface area contributed by atoms with E-state index in [-0.39, 0.29) is 36.2 Å². The van der Waals surface area contributed by atoms with E-state index in [1.54, 1.807) is 0 Å². The van der Waals surface area contributed by atoms with Crippen molar-refractivity contribution in [1.29, 1.82) is 0 Å². The largest absolute Gasteiger partial charge is 0.477 e. The van der Waals surface area contributed by atoms with Gasteiger partial charge in [-0.15, -0.1) is 0 Å². The smallest absolute Gasteiger partial charge is 0.362 e. The third-order valence-corrected chi connectivity index (χ3v) is 9.99. The van der Waals surface area contributed by atoms with E-state index in [4.69, 9.17) is 14.2 Å². The van der Waals surface area contributed by atoms with Crippen LogP contribution in [0.15, 0.2) is 48.6 Å². The Bertz CT molecular complexity index is 1060. The molecule has 0 aromatic heterocycles. The molecule has 2 unspecified atom stereocenters. The number of rotatable bonds is 40. The predicted molar refractivity (Wildman–Crippen MR) is 234 cm³/mol. The number of unbranched alkanes of at least 4 members (excludes halogenated alkanes) is 18. The second kappa shape index (κ2) is 39.1. The standard InChI is InChI=1S/C48H85NO7/c1-6-8-10-12-14-16-18-20-21-22-23-24-25-26-27-29-31-33-35-37-39-47(51)56-44(42-54-41-40-45(48(52)53)49(3,4)5)43-55-46(50)38-36-34-32-30-28-19-17-15-13-11-9-7-2/h8,10,14,16,20-21,23-24,44-45H,6-7,9,11-13,15,17-19,22,25-43H2,1-5H3/p+1/b10-8+,16-14+,21-20+,24-23+. The van der Waals surface area contributed by atoms with E-state index in [9.17, 15) is 19.5 Å². The van der Waals surface area contributed by atoms with Crippen molar-refractivity contribution in [1.82, 2.24) is 0 Å². The van der Waals surface area contributed by atoms with Crippen LogP contribution in [0.4, 0.5) is 0 Å². The normalized spacial score (nSPS) is 13.4. The molecule has 0 aliphatic carbocycles. The number of allylic oxidation sites excluding steroid dienone is 8. The first kappa shape index (κ1) is 53.3. The molecule has 0 radical (unpaired) electrons. The molecule has 324 valence electrons. The van der Waals surface area contributed by atoms with Crippen LogP contribution >= 0.6 is 0 Å². The highest BCUT2D eigenvalue weighted by molar-refractivity contribution is 5.72. The molecule has 2 atom stereocenters. The van der Waals surface area contributed by atoms with E-state index in [0.717, 1.165) is 70.6 Å². The fourth-order valence-corrected chi connectivity index (χ4v) is 6.49. The number of carboxylic acids is 1. The Kier molecular flexibility index (Phi) is 37.2. The molecule has 8 heteroatoms. The number of hydrogen-bond donors (Lipinski definition) is 1. The molecule has 0 heterocycles. The Morgan fingerprint density at radius 2 is 1.00 bits per heavy atom. The van der Waals surface area contributed by atoms with Crippen LogP contribution in [0, 0.1) is 0 Å². The van der Waals surface area contributed by atoms with Crippen LogP contribution in [0.5, 0.6) is 0 Å². The summed E-state index contributed by atoms with van der Waals surface area (Å²) in [6.45, 7) is 4.61. The van der Waals surface area contributed by atoms with Crippen molar-refractivity contribution >= 4 is 17.9 Å². The van der Waals surface area contributed by atoms with Gasteiger partial charge < -0.3 is 23.8 Å². The number of hydrogen-bond acceptors (Lipinski definition) is 6. The van der Waals surface area contributed by atoms with E-state index >= 15 is 0 Å². The van der Waals surface area contributed by atoms with Crippen molar-refractivity contribution in [2.45, 2.75) is 199 Å². The summed E-state index contributed by atoms with van der Waals surface area (Å²) in [6, 6.07) is -0.616. The maximum Gasteiger partial charge on any atom is 0.362 e. The second-order valence-corrected chi connectivity index (χ2v) is 16.3. The highest BCUT2D eigenvalue weighted by atomic mass is 16.6. The number of aliphatic carboxylic acids is 1. The quantitative estimate of drug-likeness (QED) is 0.0286. The van der Waals surface area contributed by atoms with Gasteiger partial charge in [0.2, 0.25) is 0 Å².